The molecule has 5 nitrogen and oxygen atoms in total. The molecule has 1 atom stereocenters. The standard InChI is InChI=1S/C17H19FN2O3/c18-11-1-2-14-12(9-11)13(10-15(21)19-14)16(22)20-6-3-17(4-7-20)5-8-23-17/h1-2,9,13H,3-8,10H2,(H,19,21)/t13-/m0/s1. The van der Waals surface area contributed by atoms with Crippen molar-refractivity contribution in [3.05, 3.63) is 29.6 Å². The van der Waals surface area contributed by atoms with E-state index >= 15 is 0 Å². The van der Waals surface area contributed by atoms with Crippen LogP contribution in [0.3, 0.4) is 0 Å². The first-order chi connectivity index (χ1) is 11.1. The molecule has 0 unspecified atom stereocenters. The predicted octanol–water partition coefficient (Wildman–Crippen LogP) is 2.03. The summed E-state index contributed by atoms with van der Waals surface area (Å²) in [6.07, 6.45) is 2.82. The summed E-state index contributed by atoms with van der Waals surface area (Å²) in [7, 11) is 0. The van der Waals surface area contributed by atoms with E-state index in [0.717, 1.165) is 25.9 Å². The molecule has 0 aromatic heterocycles. The normalized spacial score (nSPS) is 25.5. The molecule has 0 aliphatic carbocycles. The number of rotatable bonds is 1. The van der Waals surface area contributed by atoms with Gasteiger partial charge >= 0.3 is 0 Å². The van der Waals surface area contributed by atoms with Gasteiger partial charge in [0.05, 0.1) is 18.1 Å². The molecule has 0 saturated carbocycles. The number of carbonyl (C=O) groups excluding carboxylic acids is 2. The number of amides is 2. The van der Waals surface area contributed by atoms with Gasteiger partial charge < -0.3 is 15.0 Å². The molecule has 6 heteroatoms. The van der Waals surface area contributed by atoms with Gasteiger partial charge in [-0.1, -0.05) is 0 Å². The lowest BCUT2D eigenvalue weighted by molar-refractivity contribution is -0.177. The summed E-state index contributed by atoms with van der Waals surface area (Å²) < 4.78 is 19.2. The Kier molecular flexibility index (Phi) is 3.37. The van der Waals surface area contributed by atoms with Crippen molar-refractivity contribution < 1.29 is 18.7 Å². The fraction of sp³-hybridized carbons (Fsp3) is 0.529. The van der Waals surface area contributed by atoms with Crippen molar-refractivity contribution in [2.24, 2.45) is 0 Å². The molecule has 1 N–H and O–H groups in total. The molecule has 3 heterocycles. The number of hydrogen-bond acceptors (Lipinski definition) is 3. The Hall–Kier alpha value is -1.95. The fourth-order valence-corrected chi connectivity index (χ4v) is 3.79. The molecule has 0 bridgehead atoms. The summed E-state index contributed by atoms with van der Waals surface area (Å²) in [4.78, 5) is 26.5. The van der Waals surface area contributed by atoms with Gasteiger partial charge in [0.25, 0.3) is 0 Å². The van der Waals surface area contributed by atoms with Gasteiger partial charge in [-0.15, -0.1) is 0 Å². The molecule has 2 amide bonds. The highest BCUT2D eigenvalue weighted by Crippen LogP contribution is 2.39. The van der Waals surface area contributed by atoms with Crippen LogP contribution in [0.15, 0.2) is 18.2 Å². The maximum Gasteiger partial charge on any atom is 0.230 e. The van der Waals surface area contributed by atoms with Crippen LogP contribution < -0.4 is 5.32 Å². The number of anilines is 1. The number of benzene rings is 1. The molecule has 1 aromatic carbocycles. The maximum atomic E-state index is 13.6. The molecule has 0 radical (unpaired) electrons. The van der Waals surface area contributed by atoms with Crippen LogP contribution in [0.2, 0.25) is 0 Å². The van der Waals surface area contributed by atoms with Crippen LogP contribution in [0, 0.1) is 5.82 Å². The third-order valence-corrected chi connectivity index (χ3v) is 5.30. The van der Waals surface area contributed by atoms with Gasteiger partial charge in [-0.3, -0.25) is 9.59 Å². The summed E-state index contributed by atoms with van der Waals surface area (Å²) in [5, 5.41) is 2.71. The fourth-order valence-electron chi connectivity index (χ4n) is 3.79. The van der Waals surface area contributed by atoms with Gasteiger partial charge in [0.1, 0.15) is 5.82 Å². The van der Waals surface area contributed by atoms with Crippen molar-refractivity contribution in [3.8, 4) is 0 Å². The minimum absolute atomic E-state index is 0.0231. The van der Waals surface area contributed by atoms with E-state index in [1.165, 1.54) is 18.2 Å². The Labute approximate surface area is 133 Å². The molecule has 23 heavy (non-hydrogen) atoms. The predicted molar refractivity (Wildman–Crippen MR) is 81.5 cm³/mol. The van der Waals surface area contributed by atoms with Gasteiger partial charge in [-0.25, -0.2) is 4.39 Å². The second kappa shape index (κ2) is 5.30. The average Bonchev–Trinajstić information content (AvgIpc) is 2.52. The van der Waals surface area contributed by atoms with Crippen molar-refractivity contribution in [2.45, 2.75) is 37.2 Å². The number of nitrogens with one attached hydrogen (secondary N) is 1. The van der Waals surface area contributed by atoms with Crippen molar-refractivity contribution in [1.82, 2.24) is 4.90 Å². The van der Waals surface area contributed by atoms with E-state index in [2.05, 4.69) is 5.32 Å². The highest BCUT2D eigenvalue weighted by Gasteiger charge is 2.43. The summed E-state index contributed by atoms with van der Waals surface area (Å²) in [6, 6.07) is 4.18. The number of nitrogens with zero attached hydrogens (tertiary/aromatic N) is 1. The molecule has 3 aliphatic rings. The van der Waals surface area contributed by atoms with Gasteiger partial charge in [0, 0.05) is 25.2 Å². The van der Waals surface area contributed by atoms with Crippen molar-refractivity contribution in [2.75, 3.05) is 25.0 Å². The Morgan fingerprint density at radius 2 is 2.04 bits per heavy atom. The molecule has 4 rings (SSSR count). The molecule has 2 fully saturated rings. The minimum atomic E-state index is -0.592. The lowest BCUT2D eigenvalue weighted by atomic mass is 9.83. The van der Waals surface area contributed by atoms with Gasteiger partial charge in [-0.05, 0) is 43.0 Å². The number of ether oxygens (including phenoxy) is 1. The third kappa shape index (κ3) is 2.51. The summed E-state index contributed by atoms with van der Waals surface area (Å²) in [5.41, 5.74) is 1.09. The summed E-state index contributed by atoms with van der Waals surface area (Å²) in [5.74, 6) is -1.26. The second-order valence-electron chi connectivity index (χ2n) is 6.64. The zero-order chi connectivity index (χ0) is 16.0. The topological polar surface area (TPSA) is 58.6 Å². The van der Waals surface area contributed by atoms with E-state index < -0.39 is 11.7 Å². The highest BCUT2D eigenvalue weighted by atomic mass is 19.1. The monoisotopic (exact) mass is 318 g/mol. The largest absolute Gasteiger partial charge is 0.375 e. The quantitative estimate of drug-likeness (QED) is 0.862. The van der Waals surface area contributed by atoms with Crippen molar-refractivity contribution >= 4 is 17.5 Å². The Balaban J connectivity index is 1.54. The molecular weight excluding hydrogens is 299 g/mol. The van der Waals surface area contributed by atoms with E-state index in [4.69, 9.17) is 4.74 Å². The SMILES string of the molecule is O=C1C[C@H](C(=O)N2CCC3(CCO3)CC2)c2cc(F)ccc2N1. The first-order valence-electron chi connectivity index (χ1n) is 8.08. The van der Waals surface area contributed by atoms with Crippen LogP contribution in [-0.4, -0.2) is 42.0 Å². The van der Waals surface area contributed by atoms with E-state index in [-0.39, 0.29) is 23.8 Å². The average molecular weight is 318 g/mol. The zero-order valence-corrected chi connectivity index (χ0v) is 12.8. The summed E-state index contributed by atoms with van der Waals surface area (Å²) >= 11 is 0. The Morgan fingerprint density at radius 1 is 1.30 bits per heavy atom. The minimum Gasteiger partial charge on any atom is -0.375 e. The summed E-state index contributed by atoms with van der Waals surface area (Å²) in [6.45, 7) is 2.09. The van der Waals surface area contributed by atoms with Crippen LogP contribution in [0.4, 0.5) is 10.1 Å². The first-order valence-corrected chi connectivity index (χ1v) is 8.08. The lowest BCUT2D eigenvalue weighted by Gasteiger charge is -2.48. The lowest BCUT2D eigenvalue weighted by Crippen LogP contribution is -2.54. The zero-order valence-electron chi connectivity index (χ0n) is 12.8. The van der Waals surface area contributed by atoms with Crippen molar-refractivity contribution in [1.29, 1.82) is 0 Å². The van der Waals surface area contributed by atoms with Crippen LogP contribution >= 0.6 is 0 Å². The smallest absolute Gasteiger partial charge is 0.230 e. The number of hydrogen-bond donors (Lipinski definition) is 1. The second-order valence-corrected chi connectivity index (χ2v) is 6.64. The van der Waals surface area contributed by atoms with Gasteiger partial charge in [0.2, 0.25) is 11.8 Å². The Morgan fingerprint density at radius 3 is 2.70 bits per heavy atom. The number of carbonyl (C=O) groups is 2. The molecule has 1 spiro atoms. The molecule has 1 aromatic rings. The maximum absolute atomic E-state index is 13.6. The number of halogens is 1. The van der Waals surface area contributed by atoms with E-state index in [9.17, 15) is 14.0 Å². The number of likely N-dealkylation sites (tertiary alicyclic amines) is 1. The van der Waals surface area contributed by atoms with Crippen LogP contribution in [0.1, 0.15) is 37.2 Å². The Bertz CT molecular complexity index is 662. The third-order valence-electron chi connectivity index (χ3n) is 5.30. The first kappa shape index (κ1) is 14.6. The van der Waals surface area contributed by atoms with Gasteiger partial charge in [0.15, 0.2) is 0 Å². The van der Waals surface area contributed by atoms with Gasteiger partial charge in [-0.2, -0.15) is 0 Å². The molecule has 122 valence electrons. The van der Waals surface area contributed by atoms with E-state index in [1.807, 2.05) is 0 Å². The molecule has 3 aliphatic heterocycles. The number of piperidine rings is 1. The van der Waals surface area contributed by atoms with E-state index in [1.54, 1.807) is 4.90 Å². The molecular formula is C17H19FN2O3. The van der Waals surface area contributed by atoms with Crippen LogP contribution in [-0.2, 0) is 14.3 Å². The highest BCUT2D eigenvalue weighted by molar-refractivity contribution is 6.01. The van der Waals surface area contributed by atoms with Crippen LogP contribution in [0.25, 0.3) is 0 Å². The van der Waals surface area contributed by atoms with Crippen molar-refractivity contribution in [3.63, 3.8) is 0 Å². The van der Waals surface area contributed by atoms with Crippen LogP contribution in [0.5, 0.6) is 0 Å². The van der Waals surface area contributed by atoms with E-state index in [0.29, 0.717) is 24.3 Å². The number of fused-ring (bicyclic) bond motifs is 1. The molecule has 2 saturated heterocycles.